The van der Waals surface area contributed by atoms with Gasteiger partial charge in [0.25, 0.3) is 0 Å². The van der Waals surface area contributed by atoms with Crippen molar-refractivity contribution in [3.05, 3.63) is 29.6 Å². The molecule has 1 aromatic rings. The highest BCUT2D eigenvalue weighted by atomic mass is 19.1. The first-order valence-electron chi connectivity index (χ1n) is 3.48. The number of benzene rings is 1. The minimum absolute atomic E-state index is 0.303. The molecule has 0 aromatic heterocycles. The Bertz CT molecular complexity index is 248. The molecule has 0 bridgehead atoms. The third-order valence-corrected chi connectivity index (χ3v) is 1.52. The molecule has 0 radical (unpaired) electrons. The van der Waals surface area contributed by atoms with Gasteiger partial charge in [0.2, 0.25) is 0 Å². The van der Waals surface area contributed by atoms with Gasteiger partial charge in [0.15, 0.2) is 0 Å². The van der Waals surface area contributed by atoms with Gasteiger partial charge in [0.1, 0.15) is 5.82 Å². The maximum Gasteiger partial charge on any atom is 0.125 e. The Kier molecular flexibility index (Phi) is 2.44. The van der Waals surface area contributed by atoms with E-state index in [2.05, 4.69) is 0 Å². The van der Waals surface area contributed by atoms with Crippen LogP contribution >= 0.6 is 0 Å². The number of anilines is 1. The van der Waals surface area contributed by atoms with Crippen LogP contribution < -0.4 is 11.5 Å². The Morgan fingerprint density at radius 3 is 2.64 bits per heavy atom. The van der Waals surface area contributed by atoms with Gasteiger partial charge in [-0.3, -0.25) is 0 Å². The summed E-state index contributed by atoms with van der Waals surface area (Å²) in [5, 5.41) is 0. The predicted octanol–water partition coefficient (Wildman–Crippen LogP) is 0.909. The van der Waals surface area contributed by atoms with E-state index in [1.807, 2.05) is 0 Å². The highest BCUT2D eigenvalue weighted by molar-refractivity contribution is 5.46. The SMILES string of the molecule is NCCc1ccc(F)cc1N. The molecule has 0 aliphatic heterocycles. The van der Waals surface area contributed by atoms with Crippen LogP contribution in [0, 0.1) is 5.82 Å². The molecule has 0 heterocycles. The van der Waals surface area contributed by atoms with Crippen LogP contribution in [0.25, 0.3) is 0 Å². The predicted molar refractivity (Wildman–Crippen MR) is 43.6 cm³/mol. The average molecular weight is 154 g/mol. The van der Waals surface area contributed by atoms with E-state index in [9.17, 15) is 4.39 Å². The maximum atomic E-state index is 12.5. The highest BCUT2D eigenvalue weighted by Gasteiger charge is 1.98. The van der Waals surface area contributed by atoms with Gasteiger partial charge in [-0.2, -0.15) is 0 Å². The van der Waals surface area contributed by atoms with Crippen LogP contribution in [0.4, 0.5) is 10.1 Å². The fourth-order valence-corrected chi connectivity index (χ4v) is 0.949. The molecule has 1 rings (SSSR count). The molecule has 60 valence electrons. The summed E-state index contributed by atoms with van der Waals surface area (Å²) in [6.07, 6.45) is 0.701. The minimum atomic E-state index is -0.303. The lowest BCUT2D eigenvalue weighted by Crippen LogP contribution is -2.05. The molecule has 0 spiro atoms. The van der Waals surface area contributed by atoms with E-state index in [-0.39, 0.29) is 5.82 Å². The number of halogens is 1. The van der Waals surface area contributed by atoms with Gasteiger partial charge in [-0.05, 0) is 30.7 Å². The molecule has 0 atom stereocenters. The normalized spacial score (nSPS) is 10.0. The van der Waals surface area contributed by atoms with Gasteiger partial charge in [-0.25, -0.2) is 4.39 Å². The summed E-state index contributed by atoms with van der Waals surface area (Å²) in [5.74, 6) is -0.303. The molecule has 11 heavy (non-hydrogen) atoms. The topological polar surface area (TPSA) is 52.0 Å². The maximum absolute atomic E-state index is 12.5. The lowest BCUT2D eigenvalue weighted by Gasteiger charge is -2.02. The molecule has 1 aromatic carbocycles. The first kappa shape index (κ1) is 8.01. The number of hydrogen-bond donors (Lipinski definition) is 2. The van der Waals surface area contributed by atoms with Crippen LogP contribution in [0.5, 0.6) is 0 Å². The van der Waals surface area contributed by atoms with Crippen LogP contribution in [0.3, 0.4) is 0 Å². The third kappa shape index (κ3) is 1.91. The zero-order valence-corrected chi connectivity index (χ0v) is 6.18. The summed E-state index contributed by atoms with van der Waals surface area (Å²) < 4.78 is 12.5. The van der Waals surface area contributed by atoms with Crippen molar-refractivity contribution >= 4 is 5.69 Å². The molecule has 3 heteroatoms. The second-order valence-electron chi connectivity index (χ2n) is 2.38. The summed E-state index contributed by atoms with van der Waals surface area (Å²) in [6, 6.07) is 4.36. The van der Waals surface area contributed by atoms with Gasteiger partial charge >= 0.3 is 0 Å². The van der Waals surface area contributed by atoms with Gasteiger partial charge in [-0.15, -0.1) is 0 Å². The molecule has 0 fully saturated rings. The Hall–Kier alpha value is -1.09. The van der Waals surface area contributed by atoms with Crippen molar-refractivity contribution in [2.75, 3.05) is 12.3 Å². The van der Waals surface area contributed by atoms with Gasteiger partial charge < -0.3 is 11.5 Å². The van der Waals surface area contributed by atoms with E-state index in [0.717, 1.165) is 5.56 Å². The highest BCUT2D eigenvalue weighted by Crippen LogP contribution is 2.12. The second kappa shape index (κ2) is 3.34. The zero-order chi connectivity index (χ0) is 8.27. The molecular formula is C8H11FN2. The van der Waals surface area contributed by atoms with Crippen molar-refractivity contribution in [1.82, 2.24) is 0 Å². The molecule has 0 saturated carbocycles. The van der Waals surface area contributed by atoms with Crippen LogP contribution in [0.2, 0.25) is 0 Å². The van der Waals surface area contributed by atoms with Gasteiger partial charge in [-0.1, -0.05) is 6.07 Å². The van der Waals surface area contributed by atoms with E-state index in [1.165, 1.54) is 12.1 Å². The van der Waals surface area contributed by atoms with Crippen LogP contribution in [0.1, 0.15) is 5.56 Å². The first-order valence-corrected chi connectivity index (χ1v) is 3.48. The Balaban J connectivity index is 2.90. The van der Waals surface area contributed by atoms with Crippen molar-refractivity contribution < 1.29 is 4.39 Å². The van der Waals surface area contributed by atoms with E-state index in [0.29, 0.717) is 18.7 Å². The standard InChI is InChI=1S/C8H11FN2/c9-7-2-1-6(3-4-10)8(11)5-7/h1-2,5H,3-4,10-11H2. The van der Waals surface area contributed by atoms with E-state index >= 15 is 0 Å². The second-order valence-corrected chi connectivity index (χ2v) is 2.38. The number of hydrogen-bond acceptors (Lipinski definition) is 2. The average Bonchev–Trinajstić information content (AvgIpc) is 1.95. The lowest BCUT2D eigenvalue weighted by atomic mass is 10.1. The van der Waals surface area contributed by atoms with Crippen molar-refractivity contribution in [3.63, 3.8) is 0 Å². The van der Waals surface area contributed by atoms with Gasteiger partial charge in [0, 0.05) is 5.69 Å². The van der Waals surface area contributed by atoms with Crippen molar-refractivity contribution in [2.45, 2.75) is 6.42 Å². The first-order chi connectivity index (χ1) is 5.24. The number of nitrogens with two attached hydrogens (primary N) is 2. The van der Waals surface area contributed by atoms with Crippen molar-refractivity contribution in [2.24, 2.45) is 5.73 Å². The fourth-order valence-electron chi connectivity index (χ4n) is 0.949. The monoisotopic (exact) mass is 154 g/mol. The third-order valence-electron chi connectivity index (χ3n) is 1.52. The largest absolute Gasteiger partial charge is 0.398 e. The molecule has 0 aliphatic carbocycles. The van der Waals surface area contributed by atoms with Crippen LogP contribution in [0.15, 0.2) is 18.2 Å². The summed E-state index contributed by atoms with van der Waals surface area (Å²) in [5.41, 5.74) is 12.2. The smallest absolute Gasteiger partial charge is 0.125 e. The summed E-state index contributed by atoms with van der Waals surface area (Å²) >= 11 is 0. The Morgan fingerprint density at radius 1 is 1.36 bits per heavy atom. The fraction of sp³-hybridized carbons (Fsp3) is 0.250. The molecule has 2 nitrogen and oxygen atoms in total. The molecule has 4 N–H and O–H groups in total. The molecule has 0 saturated heterocycles. The summed E-state index contributed by atoms with van der Waals surface area (Å²) in [6.45, 7) is 0.538. The van der Waals surface area contributed by atoms with Crippen molar-refractivity contribution in [3.8, 4) is 0 Å². The van der Waals surface area contributed by atoms with E-state index < -0.39 is 0 Å². The van der Waals surface area contributed by atoms with E-state index in [1.54, 1.807) is 6.07 Å². The quantitative estimate of drug-likeness (QED) is 0.622. The van der Waals surface area contributed by atoms with E-state index in [4.69, 9.17) is 11.5 Å². The Labute approximate surface area is 65.0 Å². The van der Waals surface area contributed by atoms with Crippen LogP contribution in [-0.2, 0) is 6.42 Å². The Morgan fingerprint density at radius 2 is 2.09 bits per heavy atom. The zero-order valence-electron chi connectivity index (χ0n) is 6.18. The van der Waals surface area contributed by atoms with Crippen LogP contribution in [-0.4, -0.2) is 6.54 Å². The summed E-state index contributed by atoms with van der Waals surface area (Å²) in [7, 11) is 0. The van der Waals surface area contributed by atoms with Gasteiger partial charge in [0.05, 0.1) is 0 Å². The lowest BCUT2D eigenvalue weighted by molar-refractivity contribution is 0.627. The summed E-state index contributed by atoms with van der Waals surface area (Å²) in [4.78, 5) is 0. The molecule has 0 unspecified atom stereocenters. The molecule has 0 aliphatic rings. The molecular weight excluding hydrogens is 143 g/mol. The minimum Gasteiger partial charge on any atom is -0.398 e. The number of nitrogen functional groups attached to an aromatic ring is 1. The molecule has 0 amide bonds. The number of rotatable bonds is 2. The van der Waals surface area contributed by atoms with Crippen molar-refractivity contribution in [1.29, 1.82) is 0 Å².